The summed E-state index contributed by atoms with van der Waals surface area (Å²) in [4.78, 5) is 33.7. The first-order valence-corrected chi connectivity index (χ1v) is 7.64. The molecule has 0 N–H and O–H groups in total. The van der Waals surface area contributed by atoms with Crippen LogP contribution >= 0.6 is 11.8 Å². The molecule has 0 aliphatic carbocycles. The van der Waals surface area contributed by atoms with E-state index in [0.717, 1.165) is 5.75 Å². The molecule has 1 aliphatic heterocycles. The molecule has 0 bridgehead atoms. The van der Waals surface area contributed by atoms with Gasteiger partial charge in [0, 0.05) is 20.8 Å². The highest BCUT2D eigenvalue weighted by Gasteiger charge is 2.46. The molecule has 0 aromatic rings. The van der Waals surface area contributed by atoms with E-state index in [0.29, 0.717) is 0 Å². The fourth-order valence-corrected chi connectivity index (χ4v) is 2.92. The predicted molar refractivity (Wildman–Crippen MR) is 74.5 cm³/mol. The van der Waals surface area contributed by atoms with Gasteiger partial charge in [0.15, 0.2) is 18.3 Å². The molecule has 0 spiro atoms. The molecule has 1 fully saturated rings. The maximum absolute atomic E-state index is 11.3. The third-order valence-electron chi connectivity index (χ3n) is 2.64. The van der Waals surface area contributed by atoms with Gasteiger partial charge in [-0.15, -0.1) is 11.8 Å². The number of hydrogen-bond acceptors (Lipinski definition) is 8. The van der Waals surface area contributed by atoms with Gasteiger partial charge in [-0.3, -0.25) is 14.4 Å². The molecule has 0 aromatic carbocycles. The van der Waals surface area contributed by atoms with Gasteiger partial charge in [-0.05, 0) is 5.75 Å². The first-order chi connectivity index (χ1) is 9.85. The Kier molecular flexibility index (Phi) is 6.97. The fourth-order valence-electron chi connectivity index (χ4n) is 2.02. The Balaban J connectivity index is 2.97. The van der Waals surface area contributed by atoms with Crippen molar-refractivity contribution in [2.45, 2.75) is 51.4 Å². The summed E-state index contributed by atoms with van der Waals surface area (Å²) in [6.45, 7) is 5.75. The van der Waals surface area contributed by atoms with E-state index in [9.17, 15) is 14.4 Å². The Morgan fingerprint density at radius 2 is 1.52 bits per heavy atom. The van der Waals surface area contributed by atoms with Crippen LogP contribution in [0.2, 0.25) is 0 Å². The fraction of sp³-hybridized carbons (Fsp3) is 0.769. The Morgan fingerprint density at radius 1 is 1.00 bits per heavy atom. The largest absolute Gasteiger partial charge is 0.456 e. The molecule has 1 aliphatic rings. The maximum Gasteiger partial charge on any atom is 0.303 e. The van der Waals surface area contributed by atoms with Crippen LogP contribution in [0.3, 0.4) is 0 Å². The third kappa shape index (κ3) is 5.55. The molecular formula is C13H20O7S. The zero-order chi connectivity index (χ0) is 16.0. The van der Waals surface area contributed by atoms with Gasteiger partial charge in [0.1, 0.15) is 5.44 Å². The Hall–Kier alpha value is -1.28. The van der Waals surface area contributed by atoms with Gasteiger partial charge in [-0.25, -0.2) is 0 Å². The maximum atomic E-state index is 11.3. The van der Waals surface area contributed by atoms with Gasteiger partial charge in [0.25, 0.3) is 0 Å². The Bertz CT molecular complexity index is 398. The number of ether oxygens (including phenoxy) is 4. The van der Waals surface area contributed by atoms with Crippen molar-refractivity contribution in [1.82, 2.24) is 0 Å². The lowest BCUT2D eigenvalue weighted by Gasteiger charge is -2.40. The minimum absolute atomic E-state index is 0.0763. The van der Waals surface area contributed by atoms with Crippen LogP contribution in [0.15, 0.2) is 0 Å². The molecule has 1 rings (SSSR count). The van der Waals surface area contributed by atoms with Crippen molar-refractivity contribution in [2.24, 2.45) is 0 Å². The van der Waals surface area contributed by atoms with E-state index in [-0.39, 0.29) is 6.61 Å². The number of rotatable bonds is 5. The number of hydrogen-bond donors (Lipinski definition) is 0. The lowest BCUT2D eigenvalue weighted by Crippen LogP contribution is -2.56. The molecule has 0 radical (unpaired) electrons. The van der Waals surface area contributed by atoms with E-state index in [1.54, 1.807) is 0 Å². The summed E-state index contributed by atoms with van der Waals surface area (Å²) in [6.07, 6.45) is -2.51. The second-order valence-corrected chi connectivity index (χ2v) is 5.83. The zero-order valence-corrected chi connectivity index (χ0v) is 13.3. The van der Waals surface area contributed by atoms with E-state index < -0.39 is 41.7 Å². The highest BCUT2D eigenvalue weighted by atomic mass is 32.2. The number of carbonyl (C=O) groups excluding carboxylic acids is 3. The second-order valence-electron chi connectivity index (χ2n) is 4.45. The summed E-state index contributed by atoms with van der Waals surface area (Å²) in [6, 6.07) is 0. The van der Waals surface area contributed by atoms with Gasteiger partial charge >= 0.3 is 17.9 Å². The average Bonchev–Trinajstić information content (AvgIpc) is 2.35. The molecule has 0 amide bonds. The third-order valence-corrected chi connectivity index (χ3v) is 3.70. The molecule has 120 valence electrons. The van der Waals surface area contributed by atoms with Crippen molar-refractivity contribution in [1.29, 1.82) is 0 Å². The van der Waals surface area contributed by atoms with Crippen LogP contribution in [-0.4, -0.2) is 54.0 Å². The van der Waals surface area contributed by atoms with Crippen LogP contribution < -0.4 is 0 Å². The van der Waals surface area contributed by atoms with Gasteiger partial charge in [0.05, 0.1) is 6.61 Å². The van der Waals surface area contributed by atoms with Crippen LogP contribution in [0.4, 0.5) is 0 Å². The average molecular weight is 320 g/mol. The van der Waals surface area contributed by atoms with Gasteiger partial charge in [-0.2, -0.15) is 0 Å². The van der Waals surface area contributed by atoms with Crippen LogP contribution in [-0.2, 0) is 33.3 Å². The summed E-state index contributed by atoms with van der Waals surface area (Å²) in [5.74, 6) is -0.862. The lowest BCUT2D eigenvalue weighted by molar-refractivity contribution is -0.213. The first kappa shape index (κ1) is 17.8. The van der Waals surface area contributed by atoms with Crippen molar-refractivity contribution >= 4 is 29.7 Å². The molecule has 21 heavy (non-hydrogen) atoms. The molecule has 8 heteroatoms. The van der Waals surface area contributed by atoms with Crippen LogP contribution in [0.1, 0.15) is 27.7 Å². The van der Waals surface area contributed by atoms with Gasteiger partial charge in [0.2, 0.25) is 0 Å². The van der Waals surface area contributed by atoms with Crippen LogP contribution in [0.5, 0.6) is 0 Å². The van der Waals surface area contributed by atoms with E-state index >= 15 is 0 Å². The minimum Gasteiger partial charge on any atom is -0.456 e. The minimum atomic E-state index is -0.881. The zero-order valence-electron chi connectivity index (χ0n) is 12.5. The summed E-state index contributed by atoms with van der Waals surface area (Å²) in [5.41, 5.74) is -0.477. The highest BCUT2D eigenvalue weighted by molar-refractivity contribution is 7.99. The van der Waals surface area contributed by atoms with Gasteiger partial charge < -0.3 is 18.9 Å². The smallest absolute Gasteiger partial charge is 0.303 e. The van der Waals surface area contributed by atoms with Gasteiger partial charge in [-0.1, -0.05) is 6.92 Å². The van der Waals surface area contributed by atoms with Crippen LogP contribution in [0, 0.1) is 0 Å². The van der Waals surface area contributed by atoms with E-state index in [1.165, 1.54) is 32.5 Å². The molecule has 0 unspecified atom stereocenters. The summed E-state index contributed by atoms with van der Waals surface area (Å²) in [7, 11) is 0. The van der Waals surface area contributed by atoms with E-state index in [2.05, 4.69) is 0 Å². The molecule has 0 saturated carbocycles. The van der Waals surface area contributed by atoms with Crippen molar-refractivity contribution in [3.8, 4) is 0 Å². The standard InChI is InChI=1S/C13H20O7S/c1-5-21-13-12(20-9(4)16)11(19-8(3)15)10(6-17-13)18-7(2)14/h10-13H,5-6H2,1-4H3/t10-,11-,12+,13-/m1/s1. The first-order valence-electron chi connectivity index (χ1n) is 6.60. The topological polar surface area (TPSA) is 88.1 Å². The van der Waals surface area contributed by atoms with Crippen LogP contribution in [0.25, 0.3) is 0 Å². The van der Waals surface area contributed by atoms with E-state index in [4.69, 9.17) is 18.9 Å². The molecule has 1 heterocycles. The van der Waals surface area contributed by atoms with Crippen molar-refractivity contribution in [3.63, 3.8) is 0 Å². The van der Waals surface area contributed by atoms with Crippen molar-refractivity contribution in [3.05, 3.63) is 0 Å². The molecule has 0 aromatic heterocycles. The Morgan fingerprint density at radius 3 is 2.00 bits per heavy atom. The molecular weight excluding hydrogens is 300 g/mol. The van der Waals surface area contributed by atoms with Crippen molar-refractivity contribution < 1.29 is 33.3 Å². The predicted octanol–water partition coefficient (Wildman–Crippen LogP) is 0.891. The SMILES string of the molecule is CCS[C@H]1OC[C@@H](OC(C)=O)[C@@H](OC(C)=O)[C@@H]1OC(C)=O. The number of thioether (sulfide) groups is 1. The summed E-state index contributed by atoms with van der Waals surface area (Å²) < 4.78 is 21.1. The number of esters is 3. The highest BCUT2D eigenvalue weighted by Crippen LogP contribution is 2.30. The summed E-state index contributed by atoms with van der Waals surface area (Å²) in [5, 5.41) is 0. The summed E-state index contributed by atoms with van der Waals surface area (Å²) >= 11 is 1.42. The Labute approximate surface area is 127 Å². The normalized spacial score (nSPS) is 28.6. The van der Waals surface area contributed by atoms with E-state index in [1.807, 2.05) is 6.92 Å². The monoisotopic (exact) mass is 320 g/mol. The molecule has 7 nitrogen and oxygen atoms in total. The second kappa shape index (κ2) is 8.23. The van der Waals surface area contributed by atoms with Crippen molar-refractivity contribution in [2.75, 3.05) is 12.4 Å². The lowest BCUT2D eigenvalue weighted by atomic mass is 10.1. The molecule has 1 saturated heterocycles. The molecule has 4 atom stereocenters. The number of carbonyl (C=O) groups is 3. The quantitative estimate of drug-likeness (QED) is 0.545.